The highest BCUT2D eigenvalue weighted by atomic mass is 32.2. The van der Waals surface area contributed by atoms with E-state index >= 15 is 0 Å². The van der Waals surface area contributed by atoms with E-state index in [-0.39, 0.29) is 11.7 Å². The van der Waals surface area contributed by atoms with Crippen LogP contribution in [0, 0.1) is 0 Å². The van der Waals surface area contributed by atoms with Crippen molar-refractivity contribution in [2.45, 2.75) is 45.1 Å². The van der Waals surface area contributed by atoms with Crippen LogP contribution in [0.5, 0.6) is 17.2 Å². The normalized spacial score (nSPS) is 18.0. The summed E-state index contributed by atoms with van der Waals surface area (Å²) in [4.78, 5) is 27.7. The molecule has 230 valence electrons. The van der Waals surface area contributed by atoms with Crippen LogP contribution in [-0.4, -0.2) is 44.1 Å². The maximum atomic E-state index is 14.1. The van der Waals surface area contributed by atoms with Crippen molar-refractivity contribution >= 4 is 23.5 Å². The van der Waals surface area contributed by atoms with Crippen LogP contribution in [0.2, 0.25) is 0 Å². The summed E-state index contributed by atoms with van der Waals surface area (Å²) in [6.45, 7) is 4.68. The van der Waals surface area contributed by atoms with E-state index in [9.17, 15) is 9.59 Å². The third kappa shape index (κ3) is 6.97. The Bertz CT molecular complexity index is 1560. The summed E-state index contributed by atoms with van der Waals surface area (Å²) >= 11 is 1.72. The first-order valence-corrected chi connectivity index (χ1v) is 16.1. The highest BCUT2D eigenvalue weighted by Gasteiger charge is 2.41. The molecule has 0 saturated carbocycles. The number of ketones is 1. The van der Waals surface area contributed by atoms with Crippen molar-refractivity contribution in [3.63, 3.8) is 0 Å². The van der Waals surface area contributed by atoms with E-state index in [4.69, 9.17) is 18.9 Å². The van der Waals surface area contributed by atoms with Crippen LogP contribution >= 0.6 is 11.8 Å². The third-order valence-electron chi connectivity index (χ3n) is 8.03. The first kappa shape index (κ1) is 31.3. The van der Waals surface area contributed by atoms with Crippen LogP contribution in [-0.2, 0) is 20.9 Å². The maximum Gasteiger partial charge on any atom is 0.336 e. The second-order valence-electron chi connectivity index (χ2n) is 10.8. The zero-order valence-electron chi connectivity index (χ0n) is 25.7. The zero-order chi connectivity index (χ0) is 31.1. The number of Topliss-reactive ketones (excluding diaryl/α,β-unsaturated/α-hetero) is 1. The predicted molar refractivity (Wildman–Crippen MR) is 173 cm³/mol. The Morgan fingerprint density at radius 2 is 1.73 bits per heavy atom. The summed E-state index contributed by atoms with van der Waals surface area (Å²) in [7, 11) is 3.21. The maximum absolute atomic E-state index is 14.1. The number of hydrogen-bond acceptors (Lipinski definition) is 8. The molecule has 2 aliphatic rings. The molecule has 1 aliphatic heterocycles. The van der Waals surface area contributed by atoms with Gasteiger partial charge in [-0.15, -0.1) is 0 Å². The van der Waals surface area contributed by atoms with Crippen LogP contribution in [0.3, 0.4) is 0 Å². The summed E-state index contributed by atoms with van der Waals surface area (Å²) in [6.07, 6.45) is 0.926. The molecule has 0 bridgehead atoms. The molecule has 7 nitrogen and oxygen atoms in total. The number of nitrogens with one attached hydrogen (secondary N) is 1. The monoisotopic (exact) mass is 613 g/mol. The summed E-state index contributed by atoms with van der Waals surface area (Å²) < 4.78 is 22.8. The number of hydrogen-bond donors (Lipinski definition) is 1. The van der Waals surface area contributed by atoms with Gasteiger partial charge in [0.2, 0.25) is 0 Å². The summed E-state index contributed by atoms with van der Waals surface area (Å²) in [6, 6.07) is 23.5. The van der Waals surface area contributed by atoms with Gasteiger partial charge in [-0.2, -0.15) is 11.8 Å². The van der Waals surface area contributed by atoms with Gasteiger partial charge in [0.25, 0.3) is 0 Å². The van der Waals surface area contributed by atoms with Crippen LogP contribution in [0.25, 0.3) is 0 Å². The molecule has 0 radical (unpaired) electrons. The Labute approximate surface area is 263 Å². The lowest BCUT2D eigenvalue weighted by molar-refractivity contribution is -0.138. The second-order valence-corrected chi connectivity index (χ2v) is 12.2. The Balaban J connectivity index is 1.49. The highest BCUT2D eigenvalue weighted by Crippen LogP contribution is 2.47. The van der Waals surface area contributed by atoms with E-state index in [1.165, 1.54) is 0 Å². The standard InChI is InChI=1S/C36H39NO6S/c1-5-44-17-16-42-36(39)33-23(2)37-29-19-27(25-14-15-31(40-3)32(21-25)41-4)20-30(38)35(29)34(33)26-12-9-13-28(18-26)43-22-24-10-7-6-8-11-24/h6-15,18,21,27,34,37H,5,16-17,19-20,22H2,1-4H3. The number of carbonyl (C=O) groups excluding carboxylic acids is 2. The van der Waals surface area contributed by atoms with Crippen molar-refractivity contribution in [2.75, 3.05) is 32.3 Å². The molecule has 5 rings (SSSR count). The molecule has 0 fully saturated rings. The molecule has 1 N–H and O–H groups in total. The number of dihydropyridines is 1. The molecule has 3 aromatic rings. The number of thioether (sulfide) groups is 1. The van der Waals surface area contributed by atoms with Crippen molar-refractivity contribution in [1.29, 1.82) is 0 Å². The van der Waals surface area contributed by atoms with Crippen LogP contribution in [0.15, 0.2) is 95.3 Å². The van der Waals surface area contributed by atoms with Gasteiger partial charge in [-0.05, 0) is 66.0 Å². The van der Waals surface area contributed by atoms with Gasteiger partial charge in [0.1, 0.15) is 19.0 Å². The van der Waals surface area contributed by atoms with Crippen LogP contribution in [0.1, 0.15) is 55.2 Å². The summed E-state index contributed by atoms with van der Waals surface area (Å²) in [5.41, 5.74) is 5.47. The molecule has 3 aromatic carbocycles. The van der Waals surface area contributed by atoms with Crippen molar-refractivity contribution < 1.29 is 28.5 Å². The van der Waals surface area contributed by atoms with E-state index in [0.717, 1.165) is 33.9 Å². The van der Waals surface area contributed by atoms with Gasteiger partial charge in [0.05, 0.1) is 19.8 Å². The molecule has 1 aliphatic carbocycles. The summed E-state index contributed by atoms with van der Waals surface area (Å²) in [5.74, 6) is 2.57. The van der Waals surface area contributed by atoms with E-state index in [1.807, 2.05) is 79.7 Å². The fourth-order valence-corrected chi connectivity index (χ4v) is 6.42. The largest absolute Gasteiger partial charge is 0.493 e. The van der Waals surface area contributed by atoms with Gasteiger partial charge in [-0.1, -0.05) is 55.5 Å². The van der Waals surface area contributed by atoms with Gasteiger partial charge in [0, 0.05) is 35.1 Å². The lowest BCUT2D eigenvalue weighted by Crippen LogP contribution is -2.36. The van der Waals surface area contributed by atoms with Gasteiger partial charge in [-0.25, -0.2) is 4.79 Å². The minimum Gasteiger partial charge on any atom is -0.493 e. The zero-order valence-corrected chi connectivity index (χ0v) is 26.5. The third-order valence-corrected chi connectivity index (χ3v) is 8.89. The number of carbonyl (C=O) groups is 2. The topological polar surface area (TPSA) is 83.1 Å². The predicted octanol–water partition coefficient (Wildman–Crippen LogP) is 6.94. The average Bonchev–Trinajstić information content (AvgIpc) is 3.05. The van der Waals surface area contributed by atoms with E-state index in [0.29, 0.717) is 60.1 Å². The Hall–Kier alpha value is -4.17. The van der Waals surface area contributed by atoms with Crippen molar-refractivity contribution in [2.24, 2.45) is 0 Å². The van der Waals surface area contributed by atoms with Crippen LogP contribution < -0.4 is 19.5 Å². The fourth-order valence-electron chi connectivity index (χ4n) is 5.93. The van der Waals surface area contributed by atoms with Gasteiger partial charge < -0.3 is 24.3 Å². The minimum atomic E-state index is -0.572. The molecule has 0 spiro atoms. The van der Waals surface area contributed by atoms with Crippen molar-refractivity contribution in [1.82, 2.24) is 5.32 Å². The fraction of sp³-hybridized carbons (Fsp3) is 0.333. The highest BCUT2D eigenvalue weighted by molar-refractivity contribution is 7.99. The van der Waals surface area contributed by atoms with E-state index < -0.39 is 11.9 Å². The van der Waals surface area contributed by atoms with Crippen molar-refractivity contribution in [3.8, 4) is 17.2 Å². The number of rotatable bonds is 12. The molecule has 0 amide bonds. The molecular weight excluding hydrogens is 574 g/mol. The molecule has 0 saturated heterocycles. The average molecular weight is 614 g/mol. The smallest absolute Gasteiger partial charge is 0.336 e. The number of methoxy groups -OCH3 is 2. The minimum absolute atomic E-state index is 0.00141. The quantitative estimate of drug-likeness (QED) is 0.174. The Morgan fingerprint density at radius 1 is 0.932 bits per heavy atom. The molecule has 44 heavy (non-hydrogen) atoms. The summed E-state index contributed by atoms with van der Waals surface area (Å²) in [5, 5.41) is 3.44. The molecule has 2 atom stereocenters. The first-order valence-electron chi connectivity index (χ1n) is 14.9. The first-order chi connectivity index (χ1) is 21.4. The lowest BCUT2D eigenvalue weighted by Gasteiger charge is -2.37. The van der Waals surface area contributed by atoms with Gasteiger partial charge >= 0.3 is 5.97 Å². The Morgan fingerprint density at radius 3 is 2.48 bits per heavy atom. The second kappa shape index (κ2) is 14.5. The number of ether oxygens (including phenoxy) is 4. The van der Waals surface area contributed by atoms with Gasteiger partial charge in [0.15, 0.2) is 17.3 Å². The van der Waals surface area contributed by atoms with E-state index in [1.54, 1.807) is 26.0 Å². The van der Waals surface area contributed by atoms with E-state index in [2.05, 4.69) is 12.2 Å². The molecule has 0 aromatic heterocycles. The SMILES string of the molecule is CCSCCOC(=O)C1=C(C)NC2=C(C(=O)CC(c3ccc(OC)c(OC)c3)C2)C1c1cccc(OCc2ccccc2)c1. The Kier molecular flexibility index (Phi) is 10.3. The molecule has 2 unspecified atom stereocenters. The lowest BCUT2D eigenvalue weighted by atomic mass is 9.71. The number of allylic oxidation sites excluding steroid dienone is 3. The molecule has 1 heterocycles. The van der Waals surface area contributed by atoms with Crippen LogP contribution in [0.4, 0.5) is 0 Å². The molecule has 8 heteroatoms. The number of benzene rings is 3. The molecular formula is C36H39NO6S. The number of esters is 1. The van der Waals surface area contributed by atoms with Gasteiger partial charge in [-0.3, -0.25) is 4.79 Å². The van der Waals surface area contributed by atoms with Crippen molar-refractivity contribution in [3.05, 3.63) is 112 Å².